The van der Waals surface area contributed by atoms with Crippen LogP contribution >= 0.6 is 22.7 Å². The van der Waals surface area contributed by atoms with E-state index in [1.165, 1.54) is 11.3 Å². The third-order valence-corrected chi connectivity index (χ3v) is 2.80. The smallest absolute Gasteiger partial charge is 0.305 e. The average Bonchev–Trinajstić information content (AvgIpc) is 2.22. The number of H-pyrrole nitrogens is 1. The summed E-state index contributed by atoms with van der Waals surface area (Å²) in [6.07, 6.45) is 0. The normalized spacial score (nSPS) is 10.7. The highest BCUT2D eigenvalue weighted by Crippen LogP contribution is 2.17. The first-order chi connectivity index (χ1) is 4.36. The molecule has 0 radical (unpaired) electrons. The van der Waals surface area contributed by atoms with Crippen LogP contribution in [-0.4, -0.2) is 4.98 Å². The second kappa shape index (κ2) is 1.68. The quantitative estimate of drug-likeness (QED) is 0.619. The maximum atomic E-state index is 10.6. The summed E-state index contributed by atoms with van der Waals surface area (Å²) in [5.74, 6) is 0. The first-order valence-corrected chi connectivity index (χ1v) is 4.17. The molecule has 9 heavy (non-hydrogen) atoms. The molecule has 0 aliphatic rings. The fourth-order valence-electron chi connectivity index (χ4n) is 0.691. The summed E-state index contributed by atoms with van der Waals surface area (Å²) in [5.41, 5.74) is 0.968. The van der Waals surface area contributed by atoms with Gasteiger partial charge in [0.25, 0.3) is 0 Å². The minimum absolute atomic E-state index is 0.0350. The number of aromatic nitrogens is 1. The van der Waals surface area contributed by atoms with Gasteiger partial charge in [0, 0.05) is 10.8 Å². The van der Waals surface area contributed by atoms with Crippen molar-refractivity contribution in [2.45, 2.75) is 0 Å². The Kier molecular flexibility index (Phi) is 0.972. The highest BCUT2D eigenvalue weighted by molar-refractivity contribution is 7.20. The SMILES string of the molecule is O=c1[nH]c2cscc2s1. The van der Waals surface area contributed by atoms with Gasteiger partial charge in [-0.1, -0.05) is 11.3 Å². The summed E-state index contributed by atoms with van der Waals surface area (Å²) in [5, 5.41) is 3.91. The van der Waals surface area contributed by atoms with Crippen molar-refractivity contribution in [2.24, 2.45) is 0 Å². The Morgan fingerprint density at radius 2 is 2.33 bits per heavy atom. The molecule has 46 valence electrons. The lowest BCUT2D eigenvalue weighted by Gasteiger charge is -1.64. The number of nitrogens with one attached hydrogen (secondary N) is 1. The molecule has 0 amide bonds. The minimum Gasteiger partial charge on any atom is -0.312 e. The molecular formula is C5H3NOS2. The molecule has 0 saturated carbocycles. The summed E-state index contributed by atoms with van der Waals surface area (Å²) in [7, 11) is 0. The van der Waals surface area contributed by atoms with Crippen molar-refractivity contribution in [3.05, 3.63) is 20.4 Å². The van der Waals surface area contributed by atoms with Crippen LogP contribution in [0.4, 0.5) is 0 Å². The molecule has 0 aliphatic heterocycles. The van der Waals surface area contributed by atoms with Gasteiger partial charge in [0.15, 0.2) is 0 Å². The first kappa shape index (κ1) is 5.20. The Bertz CT molecular complexity index is 338. The van der Waals surface area contributed by atoms with Crippen molar-refractivity contribution in [2.75, 3.05) is 0 Å². The molecule has 2 aromatic rings. The van der Waals surface area contributed by atoms with Gasteiger partial charge >= 0.3 is 4.87 Å². The third-order valence-electron chi connectivity index (χ3n) is 1.07. The number of hydrogen-bond donors (Lipinski definition) is 1. The Balaban J connectivity index is 3.08. The first-order valence-electron chi connectivity index (χ1n) is 2.41. The zero-order valence-corrected chi connectivity index (χ0v) is 6.01. The minimum atomic E-state index is 0.0350. The van der Waals surface area contributed by atoms with Gasteiger partial charge in [-0.15, -0.1) is 11.3 Å². The van der Waals surface area contributed by atoms with E-state index >= 15 is 0 Å². The summed E-state index contributed by atoms with van der Waals surface area (Å²) < 4.78 is 1.06. The monoisotopic (exact) mass is 157 g/mol. The van der Waals surface area contributed by atoms with E-state index in [0.29, 0.717) is 0 Å². The molecule has 0 bridgehead atoms. The van der Waals surface area contributed by atoms with Crippen LogP contribution in [0, 0.1) is 0 Å². The maximum Gasteiger partial charge on any atom is 0.305 e. The van der Waals surface area contributed by atoms with Crippen molar-refractivity contribution in [3.63, 3.8) is 0 Å². The van der Waals surface area contributed by atoms with Crippen LogP contribution in [0.1, 0.15) is 0 Å². The summed E-state index contributed by atoms with van der Waals surface area (Å²) in [6, 6.07) is 0. The number of fused-ring (bicyclic) bond motifs is 1. The number of rotatable bonds is 0. The fourth-order valence-corrected chi connectivity index (χ4v) is 2.35. The molecule has 0 spiro atoms. The summed E-state index contributed by atoms with van der Waals surface area (Å²) >= 11 is 2.87. The average molecular weight is 157 g/mol. The Hall–Kier alpha value is -0.610. The van der Waals surface area contributed by atoms with Crippen LogP contribution in [0.2, 0.25) is 0 Å². The van der Waals surface area contributed by atoms with E-state index in [9.17, 15) is 4.79 Å². The van der Waals surface area contributed by atoms with Crippen molar-refractivity contribution in [1.29, 1.82) is 0 Å². The molecule has 2 nitrogen and oxygen atoms in total. The van der Waals surface area contributed by atoms with Gasteiger partial charge < -0.3 is 4.98 Å². The predicted molar refractivity (Wildman–Crippen MR) is 40.3 cm³/mol. The molecule has 0 atom stereocenters. The van der Waals surface area contributed by atoms with E-state index < -0.39 is 0 Å². The van der Waals surface area contributed by atoms with E-state index in [2.05, 4.69) is 4.98 Å². The molecular weight excluding hydrogens is 154 g/mol. The van der Waals surface area contributed by atoms with E-state index in [1.54, 1.807) is 11.3 Å². The lowest BCUT2D eigenvalue weighted by atomic mass is 10.6. The van der Waals surface area contributed by atoms with Crippen molar-refractivity contribution >= 4 is 32.9 Å². The standard InChI is InChI=1S/C5H3NOS2/c7-5-6-3-1-8-2-4(3)9-5/h1-2H,(H,6,7). The lowest BCUT2D eigenvalue weighted by Crippen LogP contribution is -1.89. The number of thiophene rings is 1. The van der Waals surface area contributed by atoms with Crippen LogP contribution in [0.3, 0.4) is 0 Å². The van der Waals surface area contributed by atoms with E-state index in [0.717, 1.165) is 10.2 Å². The van der Waals surface area contributed by atoms with Crippen molar-refractivity contribution in [3.8, 4) is 0 Å². The van der Waals surface area contributed by atoms with Gasteiger partial charge in [0.2, 0.25) is 0 Å². The second-order valence-corrected chi connectivity index (χ2v) is 3.42. The Labute approximate surface area is 58.8 Å². The number of hydrogen-bond acceptors (Lipinski definition) is 3. The van der Waals surface area contributed by atoms with Gasteiger partial charge in [-0.2, -0.15) is 0 Å². The maximum absolute atomic E-state index is 10.6. The molecule has 4 heteroatoms. The topological polar surface area (TPSA) is 32.9 Å². The van der Waals surface area contributed by atoms with Crippen molar-refractivity contribution < 1.29 is 0 Å². The van der Waals surface area contributed by atoms with Crippen LogP contribution < -0.4 is 4.87 Å². The van der Waals surface area contributed by atoms with Gasteiger partial charge in [-0.05, 0) is 0 Å². The Morgan fingerprint density at radius 1 is 1.44 bits per heavy atom. The molecule has 2 heterocycles. The second-order valence-electron chi connectivity index (χ2n) is 1.66. The zero-order chi connectivity index (χ0) is 6.27. The van der Waals surface area contributed by atoms with Gasteiger partial charge in [0.1, 0.15) is 0 Å². The van der Waals surface area contributed by atoms with Gasteiger partial charge in [-0.25, -0.2) is 0 Å². The van der Waals surface area contributed by atoms with Gasteiger partial charge in [-0.3, -0.25) is 4.79 Å². The molecule has 0 aliphatic carbocycles. The molecule has 2 rings (SSSR count). The zero-order valence-electron chi connectivity index (χ0n) is 4.38. The summed E-state index contributed by atoms with van der Waals surface area (Å²) in [4.78, 5) is 13.4. The fraction of sp³-hybridized carbons (Fsp3) is 0. The highest BCUT2D eigenvalue weighted by atomic mass is 32.1. The molecule has 0 saturated heterocycles. The van der Waals surface area contributed by atoms with E-state index in [1.807, 2.05) is 10.8 Å². The van der Waals surface area contributed by atoms with Crippen LogP contribution in [-0.2, 0) is 0 Å². The largest absolute Gasteiger partial charge is 0.312 e. The summed E-state index contributed by atoms with van der Waals surface area (Å²) in [6.45, 7) is 0. The molecule has 0 aromatic carbocycles. The van der Waals surface area contributed by atoms with Crippen LogP contribution in [0.5, 0.6) is 0 Å². The van der Waals surface area contributed by atoms with E-state index in [4.69, 9.17) is 0 Å². The molecule has 1 N–H and O–H groups in total. The Morgan fingerprint density at radius 3 is 3.11 bits per heavy atom. The molecule has 2 aromatic heterocycles. The third kappa shape index (κ3) is 0.710. The number of thiazole rings is 1. The highest BCUT2D eigenvalue weighted by Gasteiger charge is 1.96. The van der Waals surface area contributed by atoms with Crippen molar-refractivity contribution in [1.82, 2.24) is 4.98 Å². The van der Waals surface area contributed by atoms with Crippen LogP contribution in [0.25, 0.3) is 10.2 Å². The van der Waals surface area contributed by atoms with Crippen LogP contribution in [0.15, 0.2) is 15.6 Å². The lowest BCUT2D eigenvalue weighted by molar-refractivity contribution is 1.42. The predicted octanol–water partition coefficient (Wildman–Crippen LogP) is 1.65. The molecule has 0 unspecified atom stereocenters. The van der Waals surface area contributed by atoms with Gasteiger partial charge in [0.05, 0.1) is 10.2 Å². The number of aromatic amines is 1. The van der Waals surface area contributed by atoms with E-state index in [-0.39, 0.29) is 4.87 Å². The molecule has 0 fully saturated rings.